The maximum absolute atomic E-state index is 12.4. The number of aliphatic hydroxyl groups is 2. The predicted octanol–water partition coefficient (Wildman–Crippen LogP) is 14.0. The van der Waals surface area contributed by atoms with Gasteiger partial charge in [-0.25, -0.2) is 0 Å². The van der Waals surface area contributed by atoms with E-state index in [4.69, 9.17) is 4.74 Å². The summed E-state index contributed by atoms with van der Waals surface area (Å²) in [7, 11) is 0. The van der Waals surface area contributed by atoms with Crippen LogP contribution in [0.2, 0.25) is 0 Å². The number of esters is 1. The monoisotopic (exact) mass is 776 g/mol. The van der Waals surface area contributed by atoms with Gasteiger partial charge >= 0.3 is 5.97 Å². The lowest BCUT2D eigenvalue weighted by atomic mass is 10.0. The molecule has 0 saturated heterocycles. The Bertz CT molecular complexity index is 858. The van der Waals surface area contributed by atoms with Crippen LogP contribution < -0.4 is 5.32 Å². The van der Waals surface area contributed by atoms with E-state index in [1.807, 2.05) is 6.08 Å². The number of aliphatic hydroxyl groups excluding tert-OH is 2. The van der Waals surface area contributed by atoms with Crippen molar-refractivity contribution in [2.75, 3.05) is 13.2 Å². The number of unbranched alkanes of at least 4 members (excludes halogenated alkanes) is 31. The average molecular weight is 776 g/mol. The third kappa shape index (κ3) is 41.8. The van der Waals surface area contributed by atoms with E-state index in [-0.39, 0.29) is 18.5 Å². The molecule has 0 radical (unpaired) electrons. The summed E-state index contributed by atoms with van der Waals surface area (Å²) >= 11 is 0. The van der Waals surface area contributed by atoms with Gasteiger partial charge in [0.1, 0.15) is 0 Å². The smallest absolute Gasteiger partial charge is 0.305 e. The van der Waals surface area contributed by atoms with Crippen molar-refractivity contribution >= 4 is 11.9 Å². The summed E-state index contributed by atoms with van der Waals surface area (Å²) in [5, 5.41) is 22.9. The Labute approximate surface area is 341 Å². The van der Waals surface area contributed by atoms with E-state index in [1.54, 1.807) is 6.08 Å². The minimum Gasteiger partial charge on any atom is -0.466 e. The average Bonchev–Trinajstić information content (AvgIpc) is 3.18. The van der Waals surface area contributed by atoms with Crippen LogP contribution in [0, 0.1) is 0 Å². The Balaban J connectivity index is 3.45. The van der Waals surface area contributed by atoms with E-state index in [0.717, 1.165) is 44.9 Å². The number of allylic oxidation sites excluding steroid dienone is 3. The highest BCUT2D eigenvalue weighted by molar-refractivity contribution is 5.76. The second-order valence-corrected chi connectivity index (χ2v) is 16.4. The van der Waals surface area contributed by atoms with Gasteiger partial charge in [0.05, 0.1) is 25.4 Å². The van der Waals surface area contributed by atoms with Crippen LogP contribution in [0.25, 0.3) is 0 Å². The van der Waals surface area contributed by atoms with Crippen LogP contribution in [0.5, 0.6) is 0 Å². The molecule has 0 aromatic heterocycles. The van der Waals surface area contributed by atoms with E-state index in [0.29, 0.717) is 19.4 Å². The van der Waals surface area contributed by atoms with Crippen LogP contribution in [-0.4, -0.2) is 47.4 Å². The van der Waals surface area contributed by atoms with Crippen LogP contribution >= 0.6 is 0 Å². The third-order valence-electron chi connectivity index (χ3n) is 11.0. The Hall–Kier alpha value is -1.66. The second kappa shape index (κ2) is 45.0. The molecule has 0 spiro atoms. The summed E-state index contributed by atoms with van der Waals surface area (Å²) in [6.45, 7) is 4.83. The summed E-state index contributed by atoms with van der Waals surface area (Å²) in [6, 6.07) is -0.631. The van der Waals surface area contributed by atoms with Crippen molar-refractivity contribution in [1.29, 1.82) is 0 Å². The van der Waals surface area contributed by atoms with Crippen molar-refractivity contribution < 1.29 is 24.5 Å². The summed E-state index contributed by atoms with van der Waals surface area (Å²) in [4.78, 5) is 24.3. The molecule has 0 aromatic carbocycles. The van der Waals surface area contributed by atoms with Crippen LogP contribution in [0.4, 0.5) is 0 Å². The fourth-order valence-corrected chi connectivity index (χ4v) is 7.20. The summed E-state index contributed by atoms with van der Waals surface area (Å²) < 4.78 is 5.44. The molecule has 55 heavy (non-hydrogen) atoms. The Morgan fingerprint density at radius 3 is 1.35 bits per heavy atom. The van der Waals surface area contributed by atoms with Crippen LogP contribution in [0.3, 0.4) is 0 Å². The molecule has 0 fully saturated rings. The van der Waals surface area contributed by atoms with Crippen molar-refractivity contribution in [1.82, 2.24) is 5.32 Å². The van der Waals surface area contributed by atoms with Crippen LogP contribution in [0.15, 0.2) is 24.3 Å². The Morgan fingerprint density at radius 2 is 0.873 bits per heavy atom. The van der Waals surface area contributed by atoms with Gasteiger partial charge in [-0.15, -0.1) is 0 Å². The molecule has 0 aliphatic heterocycles. The van der Waals surface area contributed by atoms with Crippen molar-refractivity contribution in [3.8, 4) is 0 Å². The standard InChI is InChI=1S/C49H93NO5/c1-3-5-7-9-11-13-21-25-29-33-37-41-47(52)46(45-51)50-48(53)42-38-34-30-26-23-19-17-15-16-18-20-24-28-32-36-40-44-55-49(54)43-39-35-31-27-22-14-12-10-8-6-4-2/h10,12,37,41,46-47,51-52H,3-9,11,13-36,38-40,42-45H2,1-2H3,(H,50,53)/b12-10-,41-37+. The first-order chi connectivity index (χ1) is 27.0. The van der Waals surface area contributed by atoms with Gasteiger partial charge in [-0.1, -0.05) is 212 Å². The molecule has 3 N–H and O–H groups in total. The van der Waals surface area contributed by atoms with E-state index in [2.05, 4.69) is 31.3 Å². The zero-order valence-corrected chi connectivity index (χ0v) is 36.7. The lowest BCUT2D eigenvalue weighted by Gasteiger charge is -2.20. The van der Waals surface area contributed by atoms with E-state index in [9.17, 15) is 19.8 Å². The number of carbonyl (C=O) groups is 2. The van der Waals surface area contributed by atoms with Crippen molar-refractivity contribution in [2.45, 2.75) is 264 Å². The molecule has 6 heteroatoms. The van der Waals surface area contributed by atoms with Crippen molar-refractivity contribution in [3.63, 3.8) is 0 Å². The molecular formula is C49H93NO5. The predicted molar refractivity (Wildman–Crippen MR) is 236 cm³/mol. The molecule has 324 valence electrons. The summed E-state index contributed by atoms with van der Waals surface area (Å²) in [5.41, 5.74) is 0. The maximum Gasteiger partial charge on any atom is 0.305 e. The van der Waals surface area contributed by atoms with Gasteiger partial charge < -0.3 is 20.3 Å². The number of carbonyl (C=O) groups excluding carboxylic acids is 2. The highest BCUT2D eigenvalue weighted by atomic mass is 16.5. The molecule has 2 unspecified atom stereocenters. The third-order valence-corrected chi connectivity index (χ3v) is 11.0. The molecule has 0 saturated carbocycles. The summed E-state index contributed by atoms with van der Waals surface area (Å²) in [5.74, 6) is -0.0866. The van der Waals surface area contributed by atoms with Gasteiger partial charge in [0.2, 0.25) is 5.91 Å². The fraction of sp³-hybridized carbons (Fsp3) is 0.878. The largest absolute Gasteiger partial charge is 0.466 e. The highest BCUT2D eigenvalue weighted by Gasteiger charge is 2.18. The molecule has 0 rings (SSSR count). The topological polar surface area (TPSA) is 95.9 Å². The van der Waals surface area contributed by atoms with Crippen LogP contribution in [0.1, 0.15) is 251 Å². The molecule has 0 aliphatic carbocycles. The minimum atomic E-state index is -0.847. The number of ether oxygens (including phenoxy) is 1. The Kier molecular flexibility index (Phi) is 43.7. The molecule has 1 amide bonds. The lowest BCUT2D eigenvalue weighted by Crippen LogP contribution is -2.45. The minimum absolute atomic E-state index is 0.00969. The van der Waals surface area contributed by atoms with Gasteiger partial charge in [0, 0.05) is 12.8 Å². The van der Waals surface area contributed by atoms with Gasteiger partial charge in [-0.05, 0) is 51.4 Å². The van der Waals surface area contributed by atoms with E-state index >= 15 is 0 Å². The molecule has 6 nitrogen and oxygen atoms in total. The van der Waals surface area contributed by atoms with Gasteiger partial charge in [-0.3, -0.25) is 9.59 Å². The first kappa shape index (κ1) is 53.3. The van der Waals surface area contributed by atoms with Crippen molar-refractivity contribution in [3.05, 3.63) is 24.3 Å². The highest BCUT2D eigenvalue weighted by Crippen LogP contribution is 2.15. The van der Waals surface area contributed by atoms with Crippen molar-refractivity contribution in [2.24, 2.45) is 0 Å². The normalized spacial score (nSPS) is 12.9. The van der Waals surface area contributed by atoms with Gasteiger partial charge in [0.15, 0.2) is 0 Å². The Morgan fingerprint density at radius 1 is 0.491 bits per heavy atom. The number of nitrogens with one attached hydrogen (secondary N) is 1. The first-order valence-corrected chi connectivity index (χ1v) is 24.1. The molecule has 0 heterocycles. The molecule has 2 atom stereocenters. The number of hydrogen-bond donors (Lipinski definition) is 3. The van der Waals surface area contributed by atoms with E-state index in [1.165, 1.54) is 180 Å². The number of rotatable bonds is 44. The zero-order valence-electron chi connectivity index (χ0n) is 36.7. The second-order valence-electron chi connectivity index (χ2n) is 16.4. The molecule has 0 aliphatic rings. The number of hydrogen-bond acceptors (Lipinski definition) is 5. The quantitative estimate of drug-likeness (QED) is 0.0325. The summed E-state index contributed by atoms with van der Waals surface area (Å²) in [6.07, 6.45) is 51.7. The molecule has 0 aromatic rings. The first-order valence-electron chi connectivity index (χ1n) is 24.1. The SMILES string of the molecule is CCCC/C=C\CCCCCCCC(=O)OCCCCCCCCCCCCCCCCCCC(=O)NC(CO)C(O)/C=C/CCCCCCCCCCC. The van der Waals surface area contributed by atoms with Gasteiger partial charge in [-0.2, -0.15) is 0 Å². The van der Waals surface area contributed by atoms with Gasteiger partial charge in [0.25, 0.3) is 0 Å². The molecule has 0 bridgehead atoms. The fourth-order valence-electron chi connectivity index (χ4n) is 7.20. The lowest BCUT2D eigenvalue weighted by molar-refractivity contribution is -0.143. The van der Waals surface area contributed by atoms with E-state index < -0.39 is 12.1 Å². The maximum atomic E-state index is 12.4. The van der Waals surface area contributed by atoms with Crippen LogP contribution in [-0.2, 0) is 14.3 Å². The molecular weight excluding hydrogens is 683 g/mol. The number of amides is 1. The zero-order chi connectivity index (χ0) is 40.1.